The van der Waals surface area contributed by atoms with E-state index in [1.807, 2.05) is 0 Å². The molecule has 0 radical (unpaired) electrons. The predicted octanol–water partition coefficient (Wildman–Crippen LogP) is 2.20. The summed E-state index contributed by atoms with van der Waals surface area (Å²) in [5.41, 5.74) is 0. The maximum Gasteiger partial charge on any atom is 0.247 e. The summed E-state index contributed by atoms with van der Waals surface area (Å²) >= 11 is 0. The van der Waals surface area contributed by atoms with Crippen LogP contribution in [0.5, 0.6) is 5.75 Å². The molecule has 0 unspecified atom stereocenters. The number of para-hydroxylation sites is 1. The molecule has 1 heterocycles. The molecule has 5 nitrogen and oxygen atoms in total. The average molecular weight is 281 g/mol. The summed E-state index contributed by atoms with van der Waals surface area (Å²) in [6.07, 6.45) is 1.50. The monoisotopic (exact) mass is 281 g/mol. The van der Waals surface area contributed by atoms with Gasteiger partial charge in [0.15, 0.2) is 0 Å². The van der Waals surface area contributed by atoms with Crippen LogP contribution in [0.2, 0.25) is 0 Å². The van der Waals surface area contributed by atoms with Gasteiger partial charge in [0.1, 0.15) is 16.4 Å². The van der Waals surface area contributed by atoms with Crippen LogP contribution in [-0.4, -0.2) is 24.4 Å². The molecule has 0 aliphatic carbocycles. The first-order valence-corrected chi connectivity index (χ1v) is 7.30. The fraction of sp³-hybridized carbons (Fsp3) is 0.231. The fourth-order valence-corrected chi connectivity index (χ4v) is 3.26. The van der Waals surface area contributed by atoms with Gasteiger partial charge in [-0.2, -0.15) is 4.31 Å². The van der Waals surface area contributed by atoms with Crippen molar-refractivity contribution in [3.8, 4) is 5.75 Å². The van der Waals surface area contributed by atoms with Crippen LogP contribution < -0.4 is 0 Å². The summed E-state index contributed by atoms with van der Waals surface area (Å²) in [5.74, 6) is 0.307. The molecule has 1 aromatic heterocycles. The SMILES string of the molecule is CCN(Cc1ccco1)S(=O)(=O)c1ccccc1O. The van der Waals surface area contributed by atoms with E-state index in [0.29, 0.717) is 5.76 Å². The molecule has 0 bridgehead atoms. The smallest absolute Gasteiger partial charge is 0.247 e. The number of nitrogens with zero attached hydrogens (tertiary/aromatic N) is 1. The third-order valence-electron chi connectivity index (χ3n) is 2.75. The molecular weight excluding hydrogens is 266 g/mol. The first-order valence-electron chi connectivity index (χ1n) is 5.86. The summed E-state index contributed by atoms with van der Waals surface area (Å²) in [6.45, 7) is 2.16. The van der Waals surface area contributed by atoms with Crippen molar-refractivity contribution >= 4 is 10.0 Å². The second-order valence-electron chi connectivity index (χ2n) is 3.98. The lowest BCUT2D eigenvalue weighted by molar-refractivity contribution is 0.372. The van der Waals surface area contributed by atoms with Crippen molar-refractivity contribution in [3.05, 3.63) is 48.4 Å². The highest BCUT2D eigenvalue weighted by Crippen LogP contribution is 2.26. The zero-order valence-corrected chi connectivity index (χ0v) is 11.3. The van der Waals surface area contributed by atoms with Crippen molar-refractivity contribution in [2.75, 3.05) is 6.54 Å². The van der Waals surface area contributed by atoms with Crippen LogP contribution in [-0.2, 0) is 16.6 Å². The fourth-order valence-electron chi connectivity index (χ4n) is 1.76. The first-order chi connectivity index (χ1) is 9.05. The van der Waals surface area contributed by atoms with Gasteiger partial charge >= 0.3 is 0 Å². The predicted molar refractivity (Wildman–Crippen MR) is 70.1 cm³/mol. The minimum absolute atomic E-state index is 0.0941. The summed E-state index contributed by atoms with van der Waals surface area (Å²) in [4.78, 5) is -0.0941. The molecule has 1 aromatic carbocycles. The highest BCUT2D eigenvalue weighted by molar-refractivity contribution is 7.89. The molecule has 1 N–H and O–H groups in total. The third-order valence-corrected chi connectivity index (χ3v) is 4.72. The van der Waals surface area contributed by atoms with Crippen molar-refractivity contribution in [1.82, 2.24) is 4.31 Å². The molecule has 0 fully saturated rings. The molecule has 0 aliphatic rings. The minimum Gasteiger partial charge on any atom is -0.507 e. The largest absolute Gasteiger partial charge is 0.507 e. The van der Waals surface area contributed by atoms with Crippen LogP contribution in [0.15, 0.2) is 52.0 Å². The molecule has 19 heavy (non-hydrogen) atoms. The number of benzene rings is 1. The van der Waals surface area contributed by atoms with E-state index in [1.165, 1.54) is 22.7 Å². The van der Waals surface area contributed by atoms with Crippen molar-refractivity contribution < 1.29 is 17.9 Å². The van der Waals surface area contributed by atoms with E-state index >= 15 is 0 Å². The van der Waals surface area contributed by atoms with Crippen LogP contribution in [0.4, 0.5) is 0 Å². The van der Waals surface area contributed by atoms with Gasteiger partial charge in [-0.15, -0.1) is 0 Å². The Morgan fingerprint density at radius 1 is 1.21 bits per heavy atom. The number of rotatable bonds is 5. The summed E-state index contributed by atoms with van der Waals surface area (Å²) in [6, 6.07) is 9.31. The lowest BCUT2D eigenvalue weighted by atomic mass is 10.3. The molecule has 2 rings (SSSR count). The molecule has 0 amide bonds. The Balaban J connectivity index is 2.34. The topological polar surface area (TPSA) is 70.8 Å². The minimum atomic E-state index is -3.73. The van der Waals surface area contributed by atoms with Crippen molar-refractivity contribution in [3.63, 3.8) is 0 Å². The van der Waals surface area contributed by atoms with Gasteiger partial charge in [-0.05, 0) is 24.3 Å². The Kier molecular flexibility index (Phi) is 3.92. The van der Waals surface area contributed by atoms with E-state index < -0.39 is 10.0 Å². The van der Waals surface area contributed by atoms with Gasteiger partial charge in [0, 0.05) is 6.54 Å². The van der Waals surface area contributed by atoms with Crippen LogP contribution in [0.3, 0.4) is 0 Å². The summed E-state index contributed by atoms with van der Waals surface area (Å²) in [5, 5.41) is 9.69. The molecule has 0 saturated heterocycles. The molecule has 0 atom stereocenters. The number of hydrogen-bond acceptors (Lipinski definition) is 4. The van der Waals surface area contributed by atoms with E-state index in [2.05, 4.69) is 0 Å². The molecule has 2 aromatic rings. The second kappa shape index (κ2) is 5.46. The maximum atomic E-state index is 12.4. The van der Waals surface area contributed by atoms with Crippen molar-refractivity contribution in [2.24, 2.45) is 0 Å². The number of phenols is 1. The van der Waals surface area contributed by atoms with Crippen molar-refractivity contribution in [2.45, 2.75) is 18.4 Å². The standard InChI is InChI=1S/C13H15NO4S/c1-2-14(10-11-6-5-9-18-11)19(16,17)13-8-4-3-7-12(13)15/h3-9,15H,2,10H2,1H3. The third kappa shape index (κ3) is 2.80. The van der Waals surface area contributed by atoms with E-state index in [9.17, 15) is 13.5 Å². The van der Waals surface area contributed by atoms with Gasteiger partial charge in [0.2, 0.25) is 10.0 Å². The molecule has 102 valence electrons. The highest BCUT2D eigenvalue weighted by Gasteiger charge is 2.26. The normalized spacial score (nSPS) is 11.9. The van der Waals surface area contributed by atoms with Gasteiger partial charge in [-0.3, -0.25) is 0 Å². The van der Waals surface area contributed by atoms with E-state index in [1.54, 1.807) is 31.2 Å². The Hall–Kier alpha value is -1.79. The van der Waals surface area contributed by atoms with Gasteiger partial charge in [0.05, 0.1) is 12.8 Å². The Labute approximate surface area is 112 Å². The zero-order valence-electron chi connectivity index (χ0n) is 10.5. The number of phenolic OH excluding ortho intramolecular Hbond substituents is 1. The summed E-state index contributed by atoms with van der Waals surface area (Å²) < 4.78 is 31.3. The molecule has 0 saturated carbocycles. The second-order valence-corrected chi connectivity index (χ2v) is 5.88. The van der Waals surface area contributed by atoms with Crippen molar-refractivity contribution in [1.29, 1.82) is 0 Å². The number of hydrogen-bond donors (Lipinski definition) is 1. The van der Waals surface area contributed by atoms with E-state index in [-0.39, 0.29) is 23.7 Å². The lowest BCUT2D eigenvalue weighted by Crippen LogP contribution is -2.30. The summed E-state index contributed by atoms with van der Waals surface area (Å²) in [7, 11) is -3.73. The van der Waals surface area contributed by atoms with Crippen LogP contribution in [0.25, 0.3) is 0 Å². The van der Waals surface area contributed by atoms with Gasteiger partial charge in [0.25, 0.3) is 0 Å². The number of sulfonamides is 1. The van der Waals surface area contributed by atoms with E-state index in [4.69, 9.17) is 4.42 Å². The first kappa shape index (κ1) is 13.6. The Morgan fingerprint density at radius 2 is 1.95 bits per heavy atom. The molecular formula is C13H15NO4S. The molecule has 0 spiro atoms. The van der Waals surface area contributed by atoms with Gasteiger partial charge in [-0.1, -0.05) is 19.1 Å². The zero-order chi connectivity index (χ0) is 13.9. The lowest BCUT2D eigenvalue weighted by Gasteiger charge is -2.19. The van der Waals surface area contributed by atoms with Gasteiger partial charge in [-0.25, -0.2) is 8.42 Å². The molecule has 6 heteroatoms. The van der Waals surface area contributed by atoms with Crippen LogP contribution in [0, 0.1) is 0 Å². The van der Waals surface area contributed by atoms with Crippen LogP contribution in [0.1, 0.15) is 12.7 Å². The highest BCUT2D eigenvalue weighted by atomic mass is 32.2. The van der Waals surface area contributed by atoms with E-state index in [0.717, 1.165) is 0 Å². The molecule has 0 aliphatic heterocycles. The number of furan rings is 1. The van der Waals surface area contributed by atoms with Crippen LogP contribution >= 0.6 is 0 Å². The number of aromatic hydroxyl groups is 1. The average Bonchev–Trinajstić information content (AvgIpc) is 2.89. The maximum absolute atomic E-state index is 12.4. The quantitative estimate of drug-likeness (QED) is 0.912. The van der Waals surface area contributed by atoms with Gasteiger partial charge < -0.3 is 9.52 Å². The Morgan fingerprint density at radius 3 is 2.53 bits per heavy atom. The Bertz CT molecular complexity index is 634.